The lowest BCUT2D eigenvalue weighted by atomic mass is 9.89. The van der Waals surface area contributed by atoms with Crippen molar-refractivity contribution in [1.29, 1.82) is 0 Å². The lowest BCUT2D eigenvalue weighted by Gasteiger charge is -2.37. The Labute approximate surface area is 192 Å². The second kappa shape index (κ2) is 9.58. The van der Waals surface area contributed by atoms with E-state index in [2.05, 4.69) is 9.47 Å². The van der Waals surface area contributed by atoms with Gasteiger partial charge in [0.25, 0.3) is 11.8 Å². The average molecular weight is 487 g/mol. The van der Waals surface area contributed by atoms with E-state index in [0.29, 0.717) is 34.3 Å². The predicted molar refractivity (Wildman–Crippen MR) is 120 cm³/mol. The van der Waals surface area contributed by atoms with Gasteiger partial charge in [0.1, 0.15) is 8.64 Å². The van der Waals surface area contributed by atoms with E-state index < -0.39 is 11.9 Å². The predicted octanol–water partition coefficient (Wildman–Crippen LogP) is 2.13. The van der Waals surface area contributed by atoms with Crippen molar-refractivity contribution in [2.45, 2.75) is 37.8 Å². The molecular formula is C18H18N2O6S4. The minimum atomic E-state index is -0.603. The van der Waals surface area contributed by atoms with Crippen LogP contribution in [0.5, 0.6) is 0 Å². The van der Waals surface area contributed by atoms with Crippen LogP contribution in [0, 0.1) is 0 Å². The van der Waals surface area contributed by atoms with Crippen molar-refractivity contribution >= 4 is 80.4 Å². The van der Waals surface area contributed by atoms with Crippen LogP contribution in [0.1, 0.15) is 25.7 Å². The molecule has 1 saturated carbocycles. The summed E-state index contributed by atoms with van der Waals surface area (Å²) in [4.78, 5) is 51.9. The number of esters is 2. The maximum Gasteiger partial charge on any atom is 0.331 e. The Morgan fingerprint density at radius 3 is 1.47 bits per heavy atom. The molecule has 0 N–H and O–H groups in total. The minimum absolute atomic E-state index is 0.110. The van der Waals surface area contributed by atoms with Crippen LogP contribution in [0.3, 0.4) is 0 Å². The van der Waals surface area contributed by atoms with E-state index in [9.17, 15) is 19.2 Å². The SMILES string of the molecule is COC(=O)/C=C1\SC(=S)N(C2CCC(N3C(=O)/C(=C/C(=O)OC)SC3=S)CC2)C1=O. The van der Waals surface area contributed by atoms with Gasteiger partial charge >= 0.3 is 11.9 Å². The fourth-order valence-electron chi connectivity index (χ4n) is 3.50. The largest absolute Gasteiger partial charge is 0.466 e. The monoisotopic (exact) mass is 486 g/mol. The second-order valence-electron chi connectivity index (χ2n) is 6.61. The number of carbonyl (C=O) groups is 4. The van der Waals surface area contributed by atoms with Crippen LogP contribution in [0.2, 0.25) is 0 Å². The van der Waals surface area contributed by atoms with Crippen LogP contribution in [0.15, 0.2) is 22.0 Å². The first-order valence-electron chi connectivity index (χ1n) is 8.96. The Kier molecular flexibility index (Phi) is 7.32. The van der Waals surface area contributed by atoms with Crippen molar-refractivity contribution in [2.24, 2.45) is 0 Å². The van der Waals surface area contributed by atoms with Crippen molar-refractivity contribution in [3.05, 3.63) is 22.0 Å². The van der Waals surface area contributed by atoms with Gasteiger partial charge in [-0.25, -0.2) is 9.59 Å². The molecule has 30 heavy (non-hydrogen) atoms. The molecule has 0 unspecified atom stereocenters. The summed E-state index contributed by atoms with van der Waals surface area (Å²) in [6.07, 6.45) is 4.84. The van der Waals surface area contributed by atoms with Gasteiger partial charge in [0.2, 0.25) is 0 Å². The van der Waals surface area contributed by atoms with E-state index in [1.165, 1.54) is 14.2 Å². The highest BCUT2D eigenvalue weighted by atomic mass is 32.2. The van der Waals surface area contributed by atoms with Crippen LogP contribution < -0.4 is 0 Å². The molecule has 2 saturated heterocycles. The van der Waals surface area contributed by atoms with E-state index >= 15 is 0 Å². The summed E-state index contributed by atoms with van der Waals surface area (Å²) < 4.78 is 9.97. The molecule has 2 aliphatic heterocycles. The van der Waals surface area contributed by atoms with Gasteiger partial charge in [0, 0.05) is 24.2 Å². The van der Waals surface area contributed by atoms with Crippen LogP contribution in [0.25, 0.3) is 0 Å². The zero-order valence-corrected chi connectivity index (χ0v) is 19.4. The van der Waals surface area contributed by atoms with Crippen LogP contribution >= 0.6 is 48.0 Å². The smallest absolute Gasteiger partial charge is 0.331 e. The number of methoxy groups -OCH3 is 2. The normalized spacial score (nSPS) is 27.4. The molecule has 2 heterocycles. The summed E-state index contributed by atoms with van der Waals surface area (Å²) in [5.74, 6) is -1.81. The summed E-state index contributed by atoms with van der Waals surface area (Å²) in [6, 6.07) is -0.220. The molecule has 12 heteroatoms. The molecule has 1 aliphatic carbocycles. The molecule has 3 fully saturated rings. The Hall–Kier alpha value is -1.76. The van der Waals surface area contributed by atoms with E-state index in [4.69, 9.17) is 24.4 Å². The van der Waals surface area contributed by atoms with E-state index in [1.54, 1.807) is 9.80 Å². The van der Waals surface area contributed by atoms with E-state index in [-0.39, 0.29) is 33.7 Å². The lowest BCUT2D eigenvalue weighted by Crippen LogP contribution is -2.46. The number of thioether (sulfide) groups is 2. The lowest BCUT2D eigenvalue weighted by molar-refractivity contribution is -0.136. The molecule has 8 nitrogen and oxygen atoms in total. The van der Waals surface area contributed by atoms with Crippen molar-refractivity contribution in [3.8, 4) is 0 Å². The van der Waals surface area contributed by atoms with Crippen LogP contribution in [-0.2, 0) is 28.7 Å². The van der Waals surface area contributed by atoms with Crippen molar-refractivity contribution < 1.29 is 28.7 Å². The van der Waals surface area contributed by atoms with Crippen LogP contribution in [0.4, 0.5) is 0 Å². The Morgan fingerprint density at radius 2 is 1.17 bits per heavy atom. The molecule has 0 spiro atoms. The molecule has 3 aliphatic rings. The highest BCUT2D eigenvalue weighted by Gasteiger charge is 2.43. The molecule has 2 amide bonds. The van der Waals surface area contributed by atoms with Crippen molar-refractivity contribution in [3.63, 3.8) is 0 Å². The third-order valence-corrected chi connectivity index (χ3v) is 7.60. The first kappa shape index (κ1) is 22.9. The van der Waals surface area contributed by atoms with Gasteiger partial charge in [0.05, 0.1) is 24.0 Å². The summed E-state index contributed by atoms with van der Waals surface area (Å²) in [5.41, 5.74) is 0. The zero-order valence-electron chi connectivity index (χ0n) is 16.1. The number of hydrogen-bond acceptors (Lipinski definition) is 10. The maximum atomic E-state index is 12.7. The molecular weight excluding hydrogens is 468 g/mol. The van der Waals surface area contributed by atoms with Crippen LogP contribution in [-0.4, -0.2) is 68.5 Å². The number of amides is 2. The molecule has 0 aromatic carbocycles. The maximum absolute atomic E-state index is 12.7. The van der Waals surface area contributed by atoms with E-state index in [1.807, 2.05) is 0 Å². The Bertz CT molecular complexity index is 819. The number of carbonyl (C=O) groups excluding carboxylic acids is 4. The molecule has 0 aromatic heterocycles. The fourth-order valence-corrected chi connectivity index (χ4v) is 6.22. The number of rotatable bonds is 4. The third kappa shape index (κ3) is 4.61. The first-order chi connectivity index (χ1) is 14.3. The topological polar surface area (TPSA) is 93.2 Å². The average Bonchev–Trinajstić information content (AvgIpc) is 3.16. The Balaban J connectivity index is 1.65. The van der Waals surface area contributed by atoms with Gasteiger partial charge in [-0.1, -0.05) is 48.0 Å². The minimum Gasteiger partial charge on any atom is -0.466 e. The Morgan fingerprint density at radius 1 is 0.833 bits per heavy atom. The molecule has 0 bridgehead atoms. The number of ether oxygens (including phenoxy) is 2. The van der Waals surface area contributed by atoms with E-state index in [0.717, 1.165) is 35.7 Å². The zero-order chi connectivity index (χ0) is 22.0. The molecule has 0 aromatic rings. The quantitative estimate of drug-likeness (QED) is 0.334. The third-order valence-electron chi connectivity index (χ3n) is 4.94. The molecule has 3 rings (SSSR count). The number of hydrogen-bond donors (Lipinski definition) is 0. The van der Waals surface area contributed by atoms with Crippen molar-refractivity contribution in [2.75, 3.05) is 14.2 Å². The van der Waals surface area contributed by atoms with Gasteiger partial charge < -0.3 is 9.47 Å². The van der Waals surface area contributed by atoms with Gasteiger partial charge in [-0.3, -0.25) is 19.4 Å². The summed E-state index contributed by atoms with van der Waals surface area (Å²) >= 11 is 12.8. The number of thiocarbonyl (C=S) groups is 2. The number of nitrogens with zero attached hydrogens (tertiary/aromatic N) is 2. The first-order valence-corrected chi connectivity index (χ1v) is 11.4. The highest BCUT2D eigenvalue weighted by molar-refractivity contribution is 8.27. The second-order valence-corrected chi connectivity index (χ2v) is 9.96. The standard InChI is InChI=1S/C18H18N2O6S4/c1-25-13(21)7-11-15(23)19(17(27)29-11)9-3-5-10(6-4-9)20-16(24)12(30-18(20)28)8-14(22)26-2/h7-10H,3-6H2,1-2H3/b11-7-,12-8-. The van der Waals surface area contributed by atoms with Crippen molar-refractivity contribution in [1.82, 2.24) is 9.80 Å². The van der Waals surface area contributed by atoms with Gasteiger partial charge in [-0.15, -0.1) is 0 Å². The highest BCUT2D eigenvalue weighted by Crippen LogP contribution is 2.40. The summed E-state index contributed by atoms with van der Waals surface area (Å²) in [7, 11) is 2.49. The van der Waals surface area contributed by atoms with Gasteiger partial charge in [0.15, 0.2) is 0 Å². The summed E-state index contributed by atoms with van der Waals surface area (Å²) in [6.45, 7) is 0. The molecule has 0 atom stereocenters. The molecule has 0 radical (unpaired) electrons. The summed E-state index contributed by atoms with van der Waals surface area (Å²) in [5, 5.41) is 0. The fraction of sp³-hybridized carbons (Fsp3) is 0.444. The molecule has 160 valence electrons. The van der Waals surface area contributed by atoms with Gasteiger partial charge in [-0.2, -0.15) is 0 Å². The van der Waals surface area contributed by atoms with Gasteiger partial charge in [-0.05, 0) is 25.7 Å².